The van der Waals surface area contributed by atoms with Crippen molar-refractivity contribution in [3.63, 3.8) is 0 Å². The van der Waals surface area contributed by atoms with Crippen LogP contribution in [0, 0.1) is 6.92 Å². The van der Waals surface area contributed by atoms with E-state index in [0.29, 0.717) is 25.3 Å². The first-order valence-corrected chi connectivity index (χ1v) is 11.6. The van der Waals surface area contributed by atoms with Crippen molar-refractivity contribution in [1.29, 1.82) is 0 Å². The predicted molar refractivity (Wildman–Crippen MR) is 125 cm³/mol. The quantitative estimate of drug-likeness (QED) is 0.656. The number of fused-ring (bicyclic) bond motifs is 1. The zero-order valence-corrected chi connectivity index (χ0v) is 19.0. The molecule has 1 aromatic carbocycles. The molecule has 2 aliphatic heterocycles. The van der Waals surface area contributed by atoms with Crippen molar-refractivity contribution in [3.8, 4) is 0 Å². The van der Waals surface area contributed by atoms with E-state index in [-0.39, 0.29) is 17.5 Å². The number of H-pyrrole nitrogens is 1. The third-order valence-corrected chi connectivity index (χ3v) is 6.66. The Morgan fingerprint density at radius 2 is 2.00 bits per heavy atom. The number of benzene rings is 1. The molecule has 0 spiro atoms. The lowest BCUT2D eigenvalue weighted by Crippen LogP contribution is -2.38. The Kier molecular flexibility index (Phi) is 6.05. The zero-order valence-electron chi connectivity index (χ0n) is 19.0. The van der Waals surface area contributed by atoms with E-state index in [1.54, 1.807) is 6.20 Å². The number of nitrogens with zero attached hydrogens (tertiary/aromatic N) is 4. The molecule has 1 N–H and O–H groups in total. The standard InChI is InChI=1S/C26H29N5O2/c1-18-6-8-19(9-7-18)14-24(32)31-12-3-5-23(31)25-28-22-10-13-30(17-21(22)26(33)29-25)16-20-4-2-11-27-15-20/h2,4,6-9,11,15,23H,3,5,10,12-14,16-17H2,1H3,(H,28,29,33)/t23-/m1/s1. The summed E-state index contributed by atoms with van der Waals surface area (Å²) in [6.45, 7) is 4.93. The van der Waals surface area contributed by atoms with Gasteiger partial charge in [-0.15, -0.1) is 0 Å². The van der Waals surface area contributed by atoms with Crippen LogP contribution < -0.4 is 5.56 Å². The van der Waals surface area contributed by atoms with Gasteiger partial charge in [0.05, 0.1) is 23.7 Å². The molecule has 0 bridgehead atoms. The van der Waals surface area contributed by atoms with Crippen LogP contribution in [0.3, 0.4) is 0 Å². The van der Waals surface area contributed by atoms with Crippen molar-refractivity contribution in [2.24, 2.45) is 0 Å². The summed E-state index contributed by atoms with van der Waals surface area (Å²) >= 11 is 0. The molecule has 1 fully saturated rings. The Balaban J connectivity index is 1.31. The summed E-state index contributed by atoms with van der Waals surface area (Å²) in [7, 11) is 0. The largest absolute Gasteiger partial charge is 0.332 e. The SMILES string of the molecule is Cc1ccc(CC(=O)N2CCC[C@@H]2c2nc3c(c(=O)[nH]2)CN(Cc2cccnc2)CC3)cc1. The van der Waals surface area contributed by atoms with Gasteiger partial charge in [-0.1, -0.05) is 35.9 Å². The Morgan fingerprint density at radius 1 is 1.15 bits per heavy atom. The summed E-state index contributed by atoms with van der Waals surface area (Å²) in [6.07, 6.45) is 6.48. The minimum atomic E-state index is -0.158. The van der Waals surface area contributed by atoms with Crippen molar-refractivity contribution in [1.82, 2.24) is 24.8 Å². The summed E-state index contributed by atoms with van der Waals surface area (Å²) in [6, 6.07) is 11.9. The summed E-state index contributed by atoms with van der Waals surface area (Å²) in [5, 5.41) is 0. The maximum atomic E-state index is 13.1. The average Bonchev–Trinajstić information content (AvgIpc) is 3.32. The Labute approximate surface area is 193 Å². The lowest BCUT2D eigenvalue weighted by molar-refractivity contribution is -0.131. The van der Waals surface area contributed by atoms with E-state index in [1.165, 1.54) is 5.56 Å². The average molecular weight is 444 g/mol. The van der Waals surface area contributed by atoms with E-state index < -0.39 is 0 Å². The molecule has 0 aliphatic carbocycles. The molecule has 33 heavy (non-hydrogen) atoms. The van der Waals surface area contributed by atoms with Crippen LogP contribution in [-0.4, -0.2) is 43.7 Å². The van der Waals surface area contributed by atoms with Gasteiger partial charge in [-0.05, 0) is 37.0 Å². The number of pyridine rings is 1. The molecule has 5 rings (SSSR count). The topological polar surface area (TPSA) is 82.2 Å². The van der Waals surface area contributed by atoms with Crippen molar-refractivity contribution in [3.05, 3.63) is 92.9 Å². The van der Waals surface area contributed by atoms with E-state index in [1.807, 2.05) is 48.4 Å². The third kappa shape index (κ3) is 4.73. The fourth-order valence-electron chi connectivity index (χ4n) is 4.87. The van der Waals surface area contributed by atoms with Gasteiger partial charge in [-0.2, -0.15) is 0 Å². The molecular formula is C26H29N5O2. The summed E-state index contributed by atoms with van der Waals surface area (Å²) in [5.41, 5.74) is 4.86. The van der Waals surface area contributed by atoms with E-state index in [9.17, 15) is 9.59 Å². The molecule has 0 unspecified atom stereocenters. The van der Waals surface area contributed by atoms with Gasteiger partial charge in [-0.3, -0.25) is 19.5 Å². The number of nitrogens with one attached hydrogen (secondary N) is 1. The fraction of sp³-hybridized carbons (Fsp3) is 0.385. The number of hydrogen-bond donors (Lipinski definition) is 1. The van der Waals surface area contributed by atoms with Gasteiger partial charge in [-0.25, -0.2) is 4.98 Å². The summed E-state index contributed by atoms with van der Waals surface area (Å²) in [5.74, 6) is 0.721. The van der Waals surface area contributed by atoms with E-state index >= 15 is 0 Å². The monoisotopic (exact) mass is 443 g/mol. The molecule has 0 saturated carbocycles. The van der Waals surface area contributed by atoms with Crippen molar-refractivity contribution in [2.75, 3.05) is 13.1 Å². The molecule has 7 nitrogen and oxygen atoms in total. The number of aromatic nitrogens is 3. The number of carbonyl (C=O) groups excluding carboxylic acids is 1. The number of hydrogen-bond acceptors (Lipinski definition) is 5. The van der Waals surface area contributed by atoms with Crippen molar-refractivity contribution >= 4 is 5.91 Å². The lowest BCUT2D eigenvalue weighted by atomic mass is 10.1. The maximum absolute atomic E-state index is 13.1. The van der Waals surface area contributed by atoms with Gasteiger partial charge in [0.25, 0.3) is 5.56 Å². The van der Waals surface area contributed by atoms with Gasteiger partial charge in [0.15, 0.2) is 0 Å². The molecule has 1 saturated heterocycles. The number of likely N-dealkylation sites (tertiary alicyclic amines) is 1. The van der Waals surface area contributed by atoms with Gasteiger partial charge < -0.3 is 9.88 Å². The number of carbonyl (C=O) groups is 1. The van der Waals surface area contributed by atoms with E-state index in [4.69, 9.17) is 4.98 Å². The Morgan fingerprint density at radius 3 is 2.79 bits per heavy atom. The van der Waals surface area contributed by atoms with E-state index in [0.717, 1.165) is 54.7 Å². The number of amides is 1. The number of rotatable bonds is 5. The molecule has 0 radical (unpaired) electrons. The Bertz CT molecular complexity index is 1190. The second-order valence-electron chi connectivity index (χ2n) is 9.11. The van der Waals surface area contributed by atoms with Gasteiger partial charge >= 0.3 is 0 Å². The molecule has 3 aromatic rings. The molecule has 1 atom stereocenters. The number of aromatic amines is 1. The second kappa shape index (κ2) is 9.27. The van der Waals surface area contributed by atoms with Crippen molar-refractivity contribution < 1.29 is 4.79 Å². The minimum Gasteiger partial charge on any atom is -0.332 e. The fourth-order valence-corrected chi connectivity index (χ4v) is 4.87. The van der Waals surface area contributed by atoms with Crippen molar-refractivity contribution in [2.45, 2.75) is 51.7 Å². The molecule has 4 heterocycles. The van der Waals surface area contributed by atoms with Gasteiger partial charge in [0.2, 0.25) is 5.91 Å². The highest BCUT2D eigenvalue weighted by Gasteiger charge is 2.33. The van der Waals surface area contributed by atoms with Crippen LogP contribution in [-0.2, 0) is 30.7 Å². The third-order valence-electron chi connectivity index (χ3n) is 6.66. The molecule has 2 aromatic heterocycles. The molecule has 1 amide bonds. The highest BCUT2D eigenvalue weighted by molar-refractivity contribution is 5.79. The zero-order chi connectivity index (χ0) is 22.8. The van der Waals surface area contributed by atoms with Crippen LogP contribution in [0.25, 0.3) is 0 Å². The predicted octanol–water partition coefficient (Wildman–Crippen LogP) is 2.94. The number of aryl methyl sites for hydroxylation is 1. The van der Waals surface area contributed by atoms with Crippen LogP contribution in [0.1, 0.15) is 52.7 Å². The van der Waals surface area contributed by atoms with Crippen LogP contribution in [0.15, 0.2) is 53.6 Å². The first kappa shape index (κ1) is 21.5. The smallest absolute Gasteiger partial charge is 0.255 e. The van der Waals surface area contributed by atoms with Gasteiger partial charge in [0, 0.05) is 45.0 Å². The second-order valence-corrected chi connectivity index (χ2v) is 9.11. The normalized spacial score (nSPS) is 18.3. The highest BCUT2D eigenvalue weighted by atomic mass is 16.2. The summed E-state index contributed by atoms with van der Waals surface area (Å²) in [4.78, 5) is 42.3. The van der Waals surface area contributed by atoms with Crippen LogP contribution in [0.2, 0.25) is 0 Å². The first-order chi connectivity index (χ1) is 16.1. The Hall–Kier alpha value is -3.32. The molecule has 7 heteroatoms. The minimum absolute atomic E-state index is 0.0799. The summed E-state index contributed by atoms with van der Waals surface area (Å²) < 4.78 is 0. The van der Waals surface area contributed by atoms with Crippen LogP contribution in [0.5, 0.6) is 0 Å². The molecule has 2 aliphatic rings. The molecule has 170 valence electrons. The maximum Gasteiger partial charge on any atom is 0.255 e. The van der Waals surface area contributed by atoms with E-state index in [2.05, 4.69) is 20.9 Å². The van der Waals surface area contributed by atoms with Gasteiger partial charge in [0.1, 0.15) is 5.82 Å². The van der Waals surface area contributed by atoms with Crippen LogP contribution in [0.4, 0.5) is 0 Å². The van der Waals surface area contributed by atoms with Crippen LogP contribution >= 0.6 is 0 Å². The highest BCUT2D eigenvalue weighted by Crippen LogP contribution is 2.31. The molecular weight excluding hydrogens is 414 g/mol. The lowest BCUT2D eigenvalue weighted by Gasteiger charge is -2.29. The first-order valence-electron chi connectivity index (χ1n) is 11.6.